The summed E-state index contributed by atoms with van der Waals surface area (Å²) in [4.78, 5) is 11.1. The van der Waals surface area contributed by atoms with Crippen molar-refractivity contribution in [3.8, 4) is 5.75 Å². The largest absolute Gasteiger partial charge is 0.493 e. The van der Waals surface area contributed by atoms with Gasteiger partial charge in [-0.05, 0) is 36.2 Å². The Morgan fingerprint density at radius 3 is 2.48 bits per heavy atom. The Kier molecular flexibility index (Phi) is 6.23. The van der Waals surface area contributed by atoms with Crippen LogP contribution < -0.4 is 4.74 Å². The monoisotopic (exact) mass is 342 g/mol. The Labute approximate surface area is 146 Å². The molecule has 0 bridgehead atoms. The first-order valence-electron chi connectivity index (χ1n) is 7.99. The van der Waals surface area contributed by atoms with E-state index in [2.05, 4.69) is 6.58 Å². The van der Waals surface area contributed by atoms with Crippen LogP contribution in [-0.2, 0) is 5.92 Å². The molecule has 0 saturated carbocycles. The van der Waals surface area contributed by atoms with Gasteiger partial charge in [-0.3, -0.25) is 4.79 Å². The molecule has 0 radical (unpaired) electrons. The lowest BCUT2D eigenvalue weighted by atomic mass is 10.0. The van der Waals surface area contributed by atoms with E-state index < -0.39 is 12.3 Å². The normalized spacial score (nSPS) is 11.5. The van der Waals surface area contributed by atoms with Gasteiger partial charge in [0.15, 0.2) is 6.29 Å². The standard InChI is InChI=1S/C21H20F2O2/c1-3-12-21(22,23)19-7-5-6-16(14-19)8-9-17-10-11-20(25-4-2)18(13-17)15-24/h3,5-11,13-15H,1,4,12H2,2H3/b9-8+. The van der Waals surface area contributed by atoms with Gasteiger partial charge in [0.2, 0.25) is 0 Å². The third-order valence-corrected chi connectivity index (χ3v) is 3.64. The fourth-order valence-electron chi connectivity index (χ4n) is 2.41. The average molecular weight is 342 g/mol. The van der Waals surface area contributed by atoms with Crippen LogP contribution in [0.4, 0.5) is 8.78 Å². The number of allylic oxidation sites excluding steroid dienone is 1. The second kappa shape index (κ2) is 8.38. The summed E-state index contributed by atoms with van der Waals surface area (Å²) in [5, 5.41) is 0. The van der Waals surface area contributed by atoms with Gasteiger partial charge in [-0.1, -0.05) is 42.5 Å². The zero-order valence-electron chi connectivity index (χ0n) is 14.0. The number of rotatable bonds is 8. The van der Waals surface area contributed by atoms with Crippen molar-refractivity contribution in [1.29, 1.82) is 0 Å². The van der Waals surface area contributed by atoms with E-state index in [1.54, 1.807) is 36.4 Å². The number of carbonyl (C=O) groups excluding carboxylic acids is 1. The highest BCUT2D eigenvalue weighted by Crippen LogP contribution is 2.32. The molecule has 2 nitrogen and oxygen atoms in total. The van der Waals surface area contributed by atoms with Crippen molar-refractivity contribution < 1.29 is 18.3 Å². The van der Waals surface area contributed by atoms with Crippen molar-refractivity contribution in [2.45, 2.75) is 19.3 Å². The molecule has 0 amide bonds. The summed E-state index contributed by atoms with van der Waals surface area (Å²) in [5.74, 6) is -2.41. The SMILES string of the molecule is C=CCC(F)(F)c1cccc(/C=C/c2ccc(OCC)c(C=O)c2)c1. The minimum absolute atomic E-state index is 0.0465. The topological polar surface area (TPSA) is 26.3 Å². The van der Waals surface area contributed by atoms with E-state index in [1.807, 2.05) is 13.0 Å². The molecule has 2 aromatic rings. The summed E-state index contributed by atoms with van der Waals surface area (Å²) >= 11 is 0. The van der Waals surface area contributed by atoms with E-state index in [4.69, 9.17) is 4.74 Å². The van der Waals surface area contributed by atoms with Crippen molar-refractivity contribution in [2.24, 2.45) is 0 Å². The van der Waals surface area contributed by atoms with E-state index in [0.717, 1.165) is 11.8 Å². The van der Waals surface area contributed by atoms with Crippen LogP contribution in [0.2, 0.25) is 0 Å². The lowest BCUT2D eigenvalue weighted by Crippen LogP contribution is -2.11. The average Bonchev–Trinajstić information content (AvgIpc) is 2.61. The number of hydrogen-bond acceptors (Lipinski definition) is 2. The maximum Gasteiger partial charge on any atom is 0.276 e. The first kappa shape index (κ1) is 18.6. The molecular weight excluding hydrogens is 322 g/mol. The molecule has 0 aliphatic heterocycles. The molecule has 0 unspecified atom stereocenters. The number of hydrogen-bond donors (Lipinski definition) is 0. The van der Waals surface area contributed by atoms with Crippen LogP contribution in [0.25, 0.3) is 12.2 Å². The molecule has 0 atom stereocenters. The second-order valence-electron chi connectivity index (χ2n) is 5.50. The summed E-state index contributed by atoms with van der Waals surface area (Å²) < 4.78 is 33.3. The molecule has 0 N–H and O–H groups in total. The quantitative estimate of drug-likeness (QED) is 0.347. The molecular formula is C21H20F2O2. The molecule has 2 aromatic carbocycles. The van der Waals surface area contributed by atoms with Crippen molar-refractivity contribution in [2.75, 3.05) is 6.61 Å². The first-order valence-corrected chi connectivity index (χ1v) is 7.99. The van der Waals surface area contributed by atoms with Crippen LogP contribution in [0.1, 0.15) is 40.4 Å². The van der Waals surface area contributed by atoms with Crippen molar-refractivity contribution >= 4 is 18.4 Å². The number of ether oxygens (including phenoxy) is 1. The molecule has 0 heterocycles. The molecule has 0 fully saturated rings. The molecule has 0 aliphatic rings. The molecule has 2 rings (SSSR count). The molecule has 0 aliphatic carbocycles. The van der Waals surface area contributed by atoms with Crippen molar-refractivity contribution in [3.63, 3.8) is 0 Å². The zero-order chi connectivity index (χ0) is 18.3. The number of halogens is 2. The van der Waals surface area contributed by atoms with E-state index in [1.165, 1.54) is 18.2 Å². The highest BCUT2D eigenvalue weighted by atomic mass is 19.3. The molecule has 0 aromatic heterocycles. The lowest BCUT2D eigenvalue weighted by Gasteiger charge is -2.15. The number of aldehydes is 1. The van der Waals surface area contributed by atoms with Gasteiger partial charge >= 0.3 is 0 Å². The minimum atomic E-state index is -2.94. The fraction of sp³-hybridized carbons (Fsp3) is 0.190. The highest BCUT2D eigenvalue weighted by molar-refractivity contribution is 5.82. The lowest BCUT2D eigenvalue weighted by molar-refractivity contribution is -0.000870. The van der Waals surface area contributed by atoms with Crippen molar-refractivity contribution in [3.05, 3.63) is 77.4 Å². The smallest absolute Gasteiger partial charge is 0.276 e. The second-order valence-corrected chi connectivity index (χ2v) is 5.50. The Balaban J connectivity index is 2.25. The van der Waals surface area contributed by atoms with Crippen molar-refractivity contribution in [1.82, 2.24) is 0 Å². The van der Waals surface area contributed by atoms with Crippen LogP contribution in [0.15, 0.2) is 55.1 Å². The Morgan fingerprint density at radius 1 is 1.12 bits per heavy atom. The Morgan fingerprint density at radius 2 is 1.84 bits per heavy atom. The first-order chi connectivity index (χ1) is 12.0. The maximum absolute atomic E-state index is 14.0. The molecule has 0 spiro atoms. The van der Waals surface area contributed by atoms with Gasteiger partial charge in [-0.25, -0.2) is 8.78 Å². The van der Waals surface area contributed by atoms with Crippen LogP contribution in [0.3, 0.4) is 0 Å². The van der Waals surface area contributed by atoms with Crippen LogP contribution in [0, 0.1) is 0 Å². The summed E-state index contributed by atoms with van der Waals surface area (Å²) in [6.45, 7) is 5.69. The van der Waals surface area contributed by atoms with Gasteiger partial charge in [-0.2, -0.15) is 0 Å². The van der Waals surface area contributed by atoms with E-state index >= 15 is 0 Å². The molecule has 25 heavy (non-hydrogen) atoms. The summed E-state index contributed by atoms with van der Waals surface area (Å²) in [6, 6.07) is 11.4. The van der Waals surface area contributed by atoms with Gasteiger partial charge in [0.1, 0.15) is 5.75 Å². The molecule has 130 valence electrons. The number of alkyl halides is 2. The zero-order valence-corrected chi connectivity index (χ0v) is 14.0. The third kappa shape index (κ3) is 4.86. The number of benzene rings is 2. The Hall–Kier alpha value is -2.75. The summed E-state index contributed by atoms with van der Waals surface area (Å²) in [5.41, 5.74) is 1.85. The van der Waals surface area contributed by atoms with E-state index in [-0.39, 0.29) is 5.56 Å². The highest BCUT2D eigenvalue weighted by Gasteiger charge is 2.29. The summed E-state index contributed by atoms with van der Waals surface area (Å²) in [7, 11) is 0. The van der Waals surface area contributed by atoms with E-state index in [9.17, 15) is 13.6 Å². The van der Waals surface area contributed by atoms with E-state index in [0.29, 0.717) is 23.5 Å². The minimum Gasteiger partial charge on any atom is -0.493 e. The predicted molar refractivity (Wildman–Crippen MR) is 97.1 cm³/mol. The van der Waals surface area contributed by atoms with Gasteiger partial charge < -0.3 is 4.74 Å². The van der Waals surface area contributed by atoms with Crippen LogP contribution in [-0.4, -0.2) is 12.9 Å². The van der Waals surface area contributed by atoms with Gasteiger partial charge in [0.05, 0.1) is 12.2 Å². The van der Waals surface area contributed by atoms with Crippen LogP contribution >= 0.6 is 0 Å². The third-order valence-electron chi connectivity index (χ3n) is 3.64. The predicted octanol–water partition coefficient (Wildman–Crippen LogP) is 5.74. The Bertz CT molecular complexity index is 779. The molecule has 4 heteroatoms. The number of carbonyl (C=O) groups is 1. The summed E-state index contributed by atoms with van der Waals surface area (Å²) in [6.07, 6.45) is 5.05. The van der Waals surface area contributed by atoms with Gasteiger partial charge in [-0.15, -0.1) is 6.58 Å². The van der Waals surface area contributed by atoms with Gasteiger partial charge in [0, 0.05) is 12.0 Å². The fourth-order valence-corrected chi connectivity index (χ4v) is 2.41. The maximum atomic E-state index is 14.0. The van der Waals surface area contributed by atoms with Gasteiger partial charge in [0.25, 0.3) is 5.92 Å². The van der Waals surface area contributed by atoms with Crippen LogP contribution in [0.5, 0.6) is 5.75 Å². The molecule has 0 saturated heterocycles.